The molecule has 0 aliphatic rings. The third-order valence-corrected chi connectivity index (χ3v) is 4.93. The molecule has 33 heavy (non-hydrogen) atoms. The summed E-state index contributed by atoms with van der Waals surface area (Å²) in [5.41, 5.74) is 1.87. The first kappa shape index (κ1) is 22.0. The van der Waals surface area contributed by atoms with Crippen LogP contribution in [-0.4, -0.2) is 44.8 Å². The number of nitrogens with zero attached hydrogens (tertiary/aromatic N) is 5. The quantitative estimate of drug-likeness (QED) is 0.436. The Morgan fingerprint density at radius 3 is 2.67 bits per heavy atom. The van der Waals surface area contributed by atoms with Crippen molar-refractivity contribution in [2.45, 2.75) is 26.3 Å². The van der Waals surface area contributed by atoms with E-state index in [4.69, 9.17) is 14.0 Å². The molecule has 0 atom stereocenters. The molecule has 0 bridgehead atoms. The highest BCUT2D eigenvalue weighted by atomic mass is 16.5. The first-order chi connectivity index (χ1) is 16.0. The molecule has 10 nitrogen and oxygen atoms in total. The van der Waals surface area contributed by atoms with Crippen LogP contribution in [0.25, 0.3) is 17.3 Å². The van der Waals surface area contributed by atoms with Gasteiger partial charge in [0.2, 0.25) is 0 Å². The van der Waals surface area contributed by atoms with Crippen LogP contribution in [0.1, 0.15) is 41.6 Å². The lowest BCUT2D eigenvalue weighted by Gasteiger charge is -2.10. The predicted octanol–water partition coefficient (Wildman–Crippen LogP) is 3.39. The Morgan fingerprint density at radius 1 is 1.12 bits per heavy atom. The van der Waals surface area contributed by atoms with Crippen LogP contribution in [0.4, 0.5) is 0 Å². The van der Waals surface area contributed by atoms with Gasteiger partial charge in [-0.05, 0) is 29.8 Å². The molecule has 10 heteroatoms. The molecule has 1 aromatic carbocycles. The number of benzene rings is 1. The highest BCUT2D eigenvalue weighted by Crippen LogP contribution is 2.27. The van der Waals surface area contributed by atoms with E-state index in [9.17, 15) is 4.79 Å². The van der Waals surface area contributed by atoms with Crippen molar-refractivity contribution in [1.29, 1.82) is 0 Å². The largest absolute Gasteiger partial charge is 0.493 e. The van der Waals surface area contributed by atoms with Gasteiger partial charge in [0.1, 0.15) is 17.8 Å². The smallest absolute Gasteiger partial charge is 0.271 e. The SMILES string of the molecule is COc1ccc(CNC(=O)c2cn(-c3cc(-c4nc(C(C)C)no4)ccn3)cn2)cc1OC. The summed E-state index contributed by atoms with van der Waals surface area (Å²) in [5, 5.41) is 6.85. The normalized spacial score (nSPS) is 10.9. The van der Waals surface area contributed by atoms with Crippen LogP contribution in [0.3, 0.4) is 0 Å². The minimum Gasteiger partial charge on any atom is -0.493 e. The number of hydrogen-bond donors (Lipinski definition) is 1. The van der Waals surface area contributed by atoms with Gasteiger partial charge in [-0.15, -0.1) is 0 Å². The summed E-state index contributed by atoms with van der Waals surface area (Å²) in [6.45, 7) is 4.31. The number of rotatable bonds is 8. The van der Waals surface area contributed by atoms with Gasteiger partial charge in [-0.2, -0.15) is 4.98 Å². The Kier molecular flexibility index (Phi) is 6.34. The second kappa shape index (κ2) is 9.51. The van der Waals surface area contributed by atoms with Gasteiger partial charge in [0.05, 0.1) is 14.2 Å². The average Bonchev–Trinajstić information content (AvgIpc) is 3.53. The molecule has 0 radical (unpaired) electrons. The Balaban J connectivity index is 1.46. The van der Waals surface area contributed by atoms with E-state index in [1.807, 2.05) is 26.0 Å². The zero-order valence-electron chi connectivity index (χ0n) is 18.8. The first-order valence-electron chi connectivity index (χ1n) is 10.3. The number of carbonyl (C=O) groups excluding carboxylic acids is 1. The van der Waals surface area contributed by atoms with E-state index in [1.54, 1.807) is 49.4 Å². The molecule has 0 aliphatic carbocycles. The fraction of sp³-hybridized carbons (Fsp3) is 0.261. The van der Waals surface area contributed by atoms with E-state index in [-0.39, 0.29) is 17.5 Å². The third-order valence-electron chi connectivity index (χ3n) is 4.93. The lowest BCUT2D eigenvalue weighted by molar-refractivity contribution is 0.0946. The van der Waals surface area contributed by atoms with Crippen LogP contribution in [0.15, 0.2) is 53.6 Å². The van der Waals surface area contributed by atoms with Gasteiger partial charge in [-0.25, -0.2) is 9.97 Å². The number of ether oxygens (including phenoxy) is 2. The van der Waals surface area contributed by atoms with Crippen molar-refractivity contribution in [3.8, 4) is 28.8 Å². The fourth-order valence-corrected chi connectivity index (χ4v) is 3.11. The number of pyridine rings is 1. The molecule has 0 spiro atoms. The zero-order chi connectivity index (χ0) is 23.4. The Labute approximate surface area is 190 Å². The summed E-state index contributed by atoms with van der Waals surface area (Å²) >= 11 is 0. The minimum atomic E-state index is -0.307. The van der Waals surface area contributed by atoms with Crippen LogP contribution in [0.5, 0.6) is 11.5 Å². The molecule has 0 unspecified atom stereocenters. The van der Waals surface area contributed by atoms with E-state index in [0.29, 0.717) is 35.6 Å². The number of methoxy groups -OCH3 is 2. The van der Waals surface area contributed by atoms with E-state index < -0.39 is 0 Å². The minimum absolute atomic E-state index is 0.164. The average molecular weight is 448 g/mol. The topological polar surface area (TPSA) is 117 Å². The van der Waals surface area contributed by atoms with E-state index >= 15 is 0 Å². The van der Waals surface area contributed by atoms with Gasteiger partial charge in [-0.1, -0.05) is 25.1 Å². The maximum atomic E-state index is 12.6. The van der Waals surface area contributed by atoms with Crippen LogP contribution in [0, 0.1) is 0 Å². The van der Waals surface area contributed by atoms with Gasteiger partial charge in [0.15, 0.2) is 17.3 Å². The Bertz CT molecular complexity index is 1260. The monoisotopic (exact) mass is 448 g/mol. The summed E-state index contributed by atoms with van der Waals surface area (Å²) in [6.07, 6.45) is 4.79. The third kappa shape index (κ3) is 4.84. The van der Waals surface area contributed by atoms with Gasteiger partial charge in [-0.3, -0.25) is 9.36 Å². The highest BCUT2D eigenvalue weighted by molar-refractivity contribution is 5.92. The van der Waals surface area contributed by atoms with Gasteiger partial charge < -0.3 is 19.3 Å². The molecule has 3 aromatic heterocycles. The van der Waals surface area contributed by atoms with Crippen LogP contribution < -0.4 is 14.8 Å². The summed E-state index contributed by atoms with van der Waals surface area (Å²) < 4.78 is 17.6. The maximum Gasteiger partial charge on any atom is 0.271 e. The summed E-state index contributed by atoms with van der Waals surface area (Å²) in [4.78, 5) is 25.6. The van der Waals surface area contributed by atoms with Crippen molar-refractivity contribution < 1.29 is 18.8 Å². The van der Waals surface area contributed by atoms with Gasteiger partial charge in [0.25, 0.3) is 11.8 Å². The van der Waals surface area contributed by atoms with Crippen molar-refractivity contribution in [3.05, 3.63) is 66.1 Å². The van der Waals surface area contributed by atoms with Crippen molar-refractivity contribution in [1.82, 2.24) is 30.0 Å². The number of aromatic nitrogens is 5. The second-order valence-corrected chi connectivity index (χ2v) is 7.55. The van der Waals surface area contributed by atoms with Crippen molar-refractivity contribution >= 4 is 5.91 Å². The molecule has 4 rings (SSSR count). The number of nitrogens with one attached hydrogen (secondary N) is 1. The van der Waals surface area contributed by atoms with Gasteiger partial charge >= 0.3 is 0 Å². The summed E-state index contributed by atoms with van der Waals surface area (Å²) in [7, 11) is 3.14. The van der Waals surface area contributed by atoms with Crippen molar-refractivity contribution in [2.24, 2.45) is 0 Å². The van der Waals surface area contributed by atoms with E-state index in [1.165, 1.54) is 6.33 Å². The maximum absolute atomic E-state index is 12.6. The highest BCUT2D eigenvalue weighted by Gasteiger charge is 2.14. The molecule has 1 amide bonds. The lowest BCUT2D eigenvalue weighted by Crippen LogP contribution is -2.23. The molecule has 0 aliphatic heterocycles. The molecule has 170 valence electrons. The van der Waals surface area contributed by atoms with Crippen LogP contribution in [0.2, 0.25) is 0 Å². The van der Waals surface area contributed by atoms with Gasteiger partial charge in [0, 0.05) is 30.4 Å². The summed E-state index contributed by atoms with van der Waals surface area (Å²) in [6, 6.07) is 9.05. The van der Waals surface area contributed by atoms with Crippen LogP contribution >= 0.6 is 0 Å². The number of amides is 1. The molecular formula is C23H24N6O4. The van der Waals surface area contributed by atoms with Crippen LogP contribution in [-0.2, 0) is 6.54 Å². The Morgan fingerprint density at radius 2 is 1.94 bits per heavy atom. The molecular weight excluding hydrogens is 424 g/mol. The number of imidazole rings is 1. The zero-order valence-corrected chi connectivity index (χ0v) is 18.8. The molecule has 1 N–H and O–H groups in total. The predicted molar refractivity (Wildman–Crippen MR) is 119 cm³/mol. The number of carbonyl (C=O) groups is 1. The van der Waals surface area contributed by atoms with E-state index in [0.717, 1.165) is 11.1 Å². The molecule has 0 saturated carbocycles. The number of hydrogen-bond acceptors (Lipinski definition) is 8. The standard InChI is InChI=1S/C23H24N6O4/c1-14(2)21-27-23(33-28-21)16-7-8-24-20(10-16)29-12-17(26-13-29)22(30)25-11-15-5-6-18(31-3)19(9-15)32-4/h5-10,12-14H,11H2,1-4H3,(H,25,30). The summed E-state index contributed by atoms with van der Waals surface area (Å²) in [5.74, 6) is 2.71. The second-order valence-electron chi connectivity index (χ2n) is 7.55. The van der Waals surface area contributed by atoms with Crippen molar-refractivity contribution in [2.75, 3.05) is 14.2 Å². The Hall–Kier alpha value is -4.21. The lowest BCUT2D eigenvalue weighted by atomic mass is 10.2. The fourth-order valence-electron chi connectivity index (χ4n) is 3.11. The molecule has 0 fully saturated rings. The van der Waals surface area contributed by atoms with E-state index in [2.05, 4.69) is 25.4 Å². The van der Waals surface area contributed by atoms with Crippen molar-refractivity contribution in [3.63, 3.8) is 0 Å². The molecule has 4 aromatic rings. The molecule has 3 heterocycles. The first-order valence-corrected chi connectivity index (χ1v) is 10.3. The molecule has 0 saturated heterocycles.